The summed E-state index contributed by atoms with van der Waals surface area (Å²) in [6, 6.07) is 5.06. The van der Waals surface area contributed by atoms with Crippen LogP contribution in [0.3, 0.4) is 0 Å². The molecule has 0 radical (unpaired) electrons. The number of anilines is 1. The van der Waals surface area contributed by atoms with Gasteiger partial charge in [0.05, 0.1) is 10.3 Å². The van der Waals surface area contributed by atoms with Gasteiger partial charge in [0, 0.05) is 48.2 Å². The van der Waals surface area contributed by atoms with Gasteiger partial charge in [0.25, 0.3) is 5.69 Å². The molecule has 1 heterocycles. The molecule has 0 spiro atoms. The first-order valence-corrected chi connectivity index (χ1v) is 6.88. The standard InChI is InChI=1S/C15H20N4O2/c1-15(2,3)18-9-8-17-13-4-5-14(19(20)21)12-10-16-7-6-11(12)13/h4-7,10,17-18H,8-9H2,1-3H3. The maximum Gasteiger partial charge on any atom is 0.278 e. The number of fused-ring (bicyclic) bond motifs is 1. The number of rotatable bonds is 5. The molecule has 1 aromatic carbocycles. The maximum absolute atomic E-state index is 11.0. The van der Waals surface area contributed by atoms with Gasteiger partial charge in [0.1, 0.15) is 0 Å². The topological polar surface area (TPSA) is 80.1 Å². The van der Waals surface area contributed by atoms with E-state index in [1.54, 1.807) is 18.3 Å². The Morgan fingerprint density at radius 2 is 1.95 bits per heavy atom. The van der Waals surface area contributed by atoms with Gasteiger partial charge in [-0.05, 0) is 32.9 Å². The van der Waals surface area contributed by atoms with Crippen molar-refractivity contribution in [2.45, 2.75) is 26.3 Å². The van der Waals surface area contributed by atoms with Crippen LogP contribution in [0.1, 0.15) is 20.8 Å². The summed E-state index contributed by atoms with van der Waals surface area (Å²) in [5, 5.41) is 19.1. The number of nitrogens with one attached hydrogen (secondary N) is 2. The number of nitrogens with zero attached hydrogens (tertiary/aromatic N) is 2. The van der Waals surface area contributed by atoms with E-state index in [1.165, 1.54) is 12.3 Å². The summed E-state index contributed by atoms with van der Waals surface area (Å²) in [4.78, 5) is 14.6. The average molecular weight is 288 g/mol. The van der Waals surface area contributed by atoms with Crippen LogP contribution in [0.2, 0.25) is 0 Å². The van der Waals surface area contributed by atoms with Gasteiger partial charge < -0.3 is 10.6 Å². The van der Waals surface area contributed by atoms with E-state index in [9.17, 15) is 10.1 Å². The number of pyridine rings is 1. The average Bonchev–Trinajstić information content (AvgIpc) is 2.42. The Labute approximate surface area is 123 Å². The van der Waals surface area contributed by atoms with Crippen LogP contribution in [0.25, 0.3) is 10.8 Å². The van der Waals surface area contributed by atoms with Gasteiger partial charge in [-0.3, -0.25) is 15.1 Å². The number of aromatic nitrogens is 1. The van der Waals surface area contributed by atoms with E-state index >= 15 is 0 Å². The number of hydrogen-bond acceptors (Lipinski definition) is 5. The lowest BCUT2D eigenvalue weighted by atomic mass is 10.1. The maximum atomic E-state index is 11.0. The number of non-ortho nitro benzene ring substituents is 1. The Kier molecular flexibility index (Phi) is 4.37. The molecule has 0 aliphatic rings. The summed E-state index contributed by atoms with van der Waals surface area (Å²) in [5.41, 5.74) is 1.04. The fraction of sp³-hybridized carbons (Fsp3) is 0.400. The minimum absolute atomic E-state index is 0.0726. The van der Waals surface area contributed by atoms with E-state index in [4.69, 9.17) is 0 Å². The van der Waals surface area contributed by atoms with Crippen molar-refractivity contribution >= 4 is 22.1 Å². The van der Waals surface area contributed by atoms with Gasteiger partial charge in [0.2, 0.25) is 0 Å². The quantitative estimate of drug-likeness (QED) is 0.502. The van der Waals surface area contributed by atoms with Crippen LogP contribution < -0.4 is 10.6 Å². The summed E-state index contributed by atoms with van der Waals surface area (Å²) in [6.07, 6.45) is 3.18. The van der Waals surface area contributed by atoms with E-state index in [2.05, 4.69) is 36.4 Å². The van der Waals surface area contributed by atoms with E-state index in [0.717, 1.165) is 24.2 Å². The van der Waals surface area contributed by atoms with Crippen LogP contribution in [-0.4, -0.2) is 28.5 Å². The Morgan fingerprint density at radius 1 is 1.19 bits per heavy atom. The lowest BCUT2D eigenvalue weighted by Crippen LogP contribution is -2.38. The molecule has 0 aliphatic heterocycles. The summed E-state index contributed by atoms with van der Waals surface area (Å²) in [6.45, 7) is 7.89. The predicted octanol–water partition coefficient (Wildman–Crippen LogP) is 2.94. The van der Waals surface area contributed by atoms with Crippen molar-refractivity contribution in [1.82, 2.24) is 10.3 Å². The fourth-order valence-corrected chi connectivity index (χ4v) is 2.12. The lowest BCUT2D eigenvalue weighted by Gasteiger charge is -2.21. The molecule has 0 aliphatic carbocycles. The second-order valence-corrected chi connectivity index (χ2v) is 5.91. The number of nitro groups is 1. The molecule has 1 aromatic heterocycles. The highest BCUT2D eigenvalue weighted by molar-refractivity contribution is 5.99. The molecule has 0 atom stereocenters. The van der Waals surface area contributed by atoms with Crippen LogP contribution in [0.15, 0.2) is 30.6 Å². The van der Waals surface area contributed by atoms with Crippen molar-refractivity contribution in [3.8, 4) is 0 Å². The SMILES string of the molecule is CC(C)(C)NCCNc1ccc([N+](=O)[O-])c2cnccc12. The molecule has 2 N–H and O–H groups in total. The van der Waals surface area contributed by atoms with E-state index in [0.29, 0.717) is 5.39 Å². The Hall–Kier alpha value is -2.21. The van der Waals surface area contributed by atoms with Crippen molar-refractivity contribution in [2.24, 2.45) is 0 Å². The largest absolute Gasteiger partial charge is 0.383 e. The smallest absolute Gasteiger partial charge is 0.278 e. The summed E-state index contributed by atoms with van der Waals surface area (Å²) < 4.78 is 0. The highest BCUT2D eigenvalue weighted by Gasteiger charge is 2.14. The Morgan fingerprint density at radius 3 is 2.62 bits per heavy atom. The molecule has 0 amide bonds. The van der Waals surface area contributed by atoms with Crippen LogP contribution in [-0.2, 0) is 0 Å². The van der Waals surface area contributed by atoms with Gasteiger partial charge >= 0.3 is 0 Å². The van der Waals surface area contributed by atoms with Crippen molar-refractivity contribution in [1.29, 1.82) is 0 Å². The first-order valence-electron chi connectivity index (χ1n) is 6.88. The summed E-state index contributed by atoms with van der Waals surface area (Å²) in [7, 11) is 0. The number of nitro benzene ring substituents is 1. The zero-order chi connectivity index (χ0) is 15.5. The Balaban J connectivity index is 2.18. The monoisotopic (exact) mass is 288 g/mol. The predicted molar refractivity (Wildman–Crippen MR) is 84.6 cm³/mol. The van der Waals surface area contributed by atoms with Crippen LogP contribution in [0.4, 0.5) is 11.4 Å². The van der Waals surface area contributed by atoms with Crippen molar-refractivity contribution in [3.63, 3.8) is 0 Å². The first kappa shape index (κ1) is 15.2. The fourth-order valence-electron chi connectivity index (χ4n) is 2.12. The van der Waals surface area contributed by atoms with Crippen LogP contribution >= 0.6 is 0 Å². The minimum atomic E-state index is -0.380. The zero-order valence-corrected chi connectivity index (χ0v) is 12.5. The van der Waals surface area contributed by atoms with Crippen LogP contribution in [0, 0.1) is 10.1 Å². The molecular formula is C15H20N4O2. The molecule has 2 rings (SSSR count). The molecule has 0 saturated heterocycles. The van der Waals surface area contributed by atoms with Gasteiger partial charge in [-0.25, -0.2) is 0 Å². The zero-order valence-electron chi connectivity index (χ0n) is 12.5. The normalized spacial score (nSPS) is 11.6. The van der Waals surface area contributed by atoms with Gasteiger partial charge in [-0.1, -0.05) is 0 Å². The minimum Gasteiger partial charge on any atom is -0.383 e. The molecule has 0 bridgehead atoms. The molecule has 2 aromatic rings. The highest BCUT2D eigenvalue weighted by Crippen LogP contribution is 2.30. The summed E-state index contributed by atoms with van der Waals surface area (Å²) >= 11 is 0. The van der Waals surface area contributed by atoms with Crippen molar-refractivity contribution < 1.29 is 4.92 Å². The third-order valence-corrected chi connectivity index (χ3v) is 3.09. The van der Waals surface area contributed by atoms with Gasteiger partial charge in [-0.2, -0.15) is 0 Å². The molecule has 21 heavy (non-hydrogen) atoms. The lowest BCUT2D eigenvalue weighted by molar-refractivity contribution is -0.383. The first-order chi connectivity index (χ1) is 9.88. The van der Waals surface area contributed by atoms with E-state index in [-0.39, 0.29) is 16.1 Å². The van der Waals surface area contributed by atoms with Gasteiger partial charge in [-0.15, -0.1) is 0 Å². The molecule has 112 valence electrons. The molecular weight excluding hydrogens is 268 g/mol. The number of hydrogen-bond donors (Lipinski definition) is 2. The van der Waals surface area contributed by atoms with E-state index in [1.807, 2.05) is 0 Å². The molecule has 6 nitrogen and oxygen atoms in total. The third-order valence-electron chi connectivity index (χ3n) is 3.09. The molecule has 0 fully saturated rings. The van der Waals surface area contributed by atoms with Crippen molar-refractivity contribution in [2.75, 3.05) is 18.4 Å². The van der Waals surface area contributed by atoms with Gasteiger partial charge in [0.15, 0.2) is 0 Å². The van der Waals surface area contributed by atoms with E-state index < -0.39 is 0 Å². The molecule has 0 saturated carbocycles. The summed E-state index contributed by atoms with van der Waals surface area (Å²) in [5.74, 6) is 0. The Bertz CT molecular complexity index is 650. The van der Waals surface area contributed by atoms with Crippen molar-refractivity contribution in [3.05, 3.63) is 40.7 Å². The second kappa shape index (κ2) is 6.05. The molecule has 0 unspecified atom stereocenters. The third kappa shape index (κ3) is 3.88. The number of benzene rings is 1. The second-order valence-electron chi connectivity index (χ2n) is 5.91. The van der Waals surface area contributed by atoms with Crippen LogP contribution in [0.5, 0.6) is 0 Å². The molecule has 6 heteroatoms. The highest BCUT2D eigenvalue weighted by atomic mass is 16.6.